The molecule has 0 aliphatic heterocycles. The summed E-state index contributed by atoms with van der Waals surface area (Å²) < 4.78 is 49.3. The van der Waals surface area contributed by atoms with Crippen LogP contribution in [0.2, 0.25) is 0 Å². The van der Waals surface area contributed by atoms with Crippen LogP contribution in [0, 0.1) is 0 Å². The number of carbonyl (C=O) groups is 1. The van der Waals surface area contributed by atoms with Crippen LogP contribution >= 0.6 is 0 Å². The van der Waals surface area contributed by atoms with Crippen LogP contribution in [0.5, 0.6) is 11.6 Å². The Hall–Kier alpha value is -3.76. The number of halogens is 3. The SMILES string of the molecule is CCOc1ccc(CN(CCCn2ccnc2)C(=O)NCc2ccnc(OCC(F)(F)F)c2)cc1. The van der Waals surface area contributed by atoms with Crippen molar-refractivity contribution >= 4 is 6.03 Å². The first kappa shape index (κ1) is 25.9. The van der Waals surface area contributed by atoms with Gasteiger partial charge in [-0.1, -0.05) is 12.1 Å². The molecule has 0 bridgehead atoms. The van der Waals surface area contributed by atoms with Crippen LogP contribution in [0.3, 0.4) is 0 Å². The third kappa shape index (κ3) is 9.19. The number of benzene rings is 1. The summed E-state index contributed by atoms with van der Waals surface area (Å²) in [4.78, 5) is 22.5. The van der Waals surface area contributed by atoms with E-state index in [0.29, 0.717) is 38.2 Å². The fraction of sp³-hybridized carbons (Fsp3) is 0.375. The van der Waals surface area contributed by atoms with Crippen LogP contribution in [0.15, 0.2) is 61.3 Å². The van der Waals surface area contributed by atoms with Crippen molar-refractivity contribution < 1.29 is 27.4 Å². The molecule has 0 saturated carbocycles. The zero-order valence-corrected chi connectivity index (χ0v) is 19.4. The number of aromatic nitrogens is 3. The molecule has 3 aromatic rings. The summed E-state index contributed by atoms with van der Waals surface area (Å²) in [6.07, 6.45) is 2.88. The average molecular weight is 492 g/mol. The highest BCUT2D eigenvalue weighted by Crippen LogP contribution is 2.18. The van der Waals surface area contributed by atoms with Crippen LogP contribution in [0.25, 0.3) is 0 Å². The maximum absolute atomic E-state index is 13.0. The number of nitrogens with zero attached hydrogens (tertiary/aromatic N) is 4. The molecule has 188 valence electrons. The minimum Gasteiger partial charge on any atom is -0.494 e. The lowest BCUT2D eigenvalue weighted by Crippen LogP contribution is -2.40. The number of amides is 2. The fourth-order valence-corrected chi connectivity index (χ4v) is 3.28. The highest BCUT2D eigenvalue weighted by Gasteiger charge is 2.28. The lowest BCUT2D eigenvalue weighted by Gasteiger charge is -2.24. The number of hydrogen-bond acceptors (Lipinski definition) is 5. The van der Waals surface area contributed by atoms with Gasteiger partial charge in [0, 0.05) is 50.8 Å². The Morgan fingerprint density at radius 3 is 2.60 bits per heavy atom. The van der Waals surface area contributed by atoms with Gasteiger partial charge in [0.25, 0.3) is 0 Å². The summed E-state index contributed by atoms with van der Waals surface area (Å²) in [6, 6.07) is 10.2. The Morgan fingerprint density at radius 2 is 1.91 bits per heavy atom. The molecule has 0 unspecified atom stereocenters. The minimum atomic E-state index is -4.45. The molecular weight excluding hydrogens is 463 g/mol. The van der Waals surface area contributed by atoms with Crippen molar-refractivity contribution in [3.8, 4) is 11.6 Å². The van der Waals surface area contributed by atoms with E-state index >= 15 is 0 Å². The lowest BCUT2D eigenvalue weighted by molar-refractivity contribution is -0.154. The molecule has 0 spiro atoms. The topological polar surface area (TPSA) is 81.5 Å². The van der Waals surface area contributed by atoms with E-state index in [2.05, 4.69) is 20.0 Å². The summed E-state index contributed by atoms with van der Waals surface area (Å²) in [7, 11) is 0. The lowest BCUT2D eigenvalue weighted by atomic mass is 10.2. The van der Waals surface area contributed by atoms with Crippen molar-refractivity contribution in [1.82, 2.24) is 24.8 Å². The van der Waals surface area contributed by atoms with Gasteiger partial charge in [0.15, 0.2) is 6.61 Å². The monoisotopic (exact) mass is 491 g/mol. The first-order chi connectivity index (χ1) is 16.8. The number of urea groups is 1. The summed E-state index contributed by atoms with van der Waals surface area (Å²) in [5.41, 5.74) is 1.52. The van der Waals surface area contributed by atoms with E-state index in [1.54, 1.807) is 23.5 Å². The van der Waals surface area contributed by atoms with E-state index in [1.165, 1.54) is 12.3 Å². The number of pyridine rings is 1. The first-order valence-corrected chi connectivity index (χ1v) is 11.2. The van der Waals surface area contributed by atoms with Crippen molar-refractivity contribution in [3.63, 3.8) is 0 Å². The van der Waals surface area contributed by atoms with Gasteiger partial charge in [0.2, 0.25) is 5.88 Å². The highest BCUT2D eigenvalue weighted by molar-refractivity contribution is 5.74. The largest absolute Gasteiger partial charge is 0.494 e. The van der Waals surface area contributed by atoms with Gasteiger partial charge >= 0.3 is 12.2 Å². The number of nitrogens with one attached hydrogen (secondary N) is 1. The summed E-state index contributed by atoms with van der Waals surface area (Å²) in [5.74, 6) is 0.606. The highest BCUT2D eigenvalue weighted by atomic mass is 19.4. The number of aryl methyl sites for hydroxylation is 1. The minimum absolute atomic E-state index is 0.116. The Morgan fingerprint density at radius 1 is 1.11 bits per heavy atom. The van der Waals surface area contributed by atoms with Crippen LogP contribution in [0.1, 0.15) is 24.5 Å². The second-order valence-corrected chi connectivity index (χ2v) is 7.72. The van der Waals surface area contributed by atoms with Gasteiger partial charge in [-0.2, -0.15) is 13.2 Å². The standard InChI is InChI=1S/C24H28F3N5O3/c1-2-34-21-6-4-19(5-7-21)16-32(12-3-11-31-13-10-28-18-31)23(33)30-15-20-8-9-29-22(14-20)35-17-24(25,26)27/h4-10,13-14,18H,2-3,11-12,15-17H2,1H3,(H,30,33). The van der Waals surface area contributed by atoms with Gasteiger partial charge in [-0.25, -0.2) is 14.8 Å². The third-order valence-electron chi connectivity index (χ3n) is 4.93. The van der Waals surface area contributed by atoms with Crippen molar-refractivity contribution in [3.05, 3.63) is 72.4 Å². The van der Waals surface area contributed by atoms with Crippen LogP contribution in [-0.4, -0.2) is 51.4 Å². The van der Waals surface area contributed by atoms with E-state index in [-0.39, 0.29) is 18.5 Å². The van der Waals surface area contributed by atoms with Crippen LogP contribution in [0.4, 0.5) is 18.0 Å². The number of imidazole rings is 1. The Kier molecular flexibility index (Phi) is 9.33. The first-order valence-electron chi connectivity index (χ1n) is 11.2. The van der Waals surface area contributed by atoms with E-state index < -0.39 is 12.8 Å². The Bertz CT molecular complexity index is 1040. The Balaban J connectivity index is 1.60. The predicted molar refractivity (Wildman–Crippen MR) is 123 cm³/mol. The normalized spacial score (nSPS) is 11.2. The van der Waals surface area contributed by atoms with Crippen molar-refractivity contribution in [2.24, 2.45) is 0 Å². The molecule has 2 heterocycles. The molecule has 0 aliphatic carbocycles. The fourth-order valence-electron chi connectivity index (χ4n) is 3.28. The molecule has 2 aromatic heterocycles. The molecule has 3 rings (SSSR count). The van der Waals surface area contributed by atoms with Crippen molar-refractivity contribution in [2.75, 3.05) is 19.8 Å². The zero-order valence-electron chi connectivity index (χ0n) is 19.4. The van der Waals surface area contributed by atoms with Crippen LogP contribution in [-0.2, 0) is 19.6 Å². The van der Waals surface area contributed by atoms with Gasteiger partial charge in [0.05, 0.1) is 12.9 Å². The summed E-state index contributed by atoms with van der Waals surface area (Å²) in [6.45, 7) is 2.76. The van der Waals surface area contributed by atoms with E-state index in [4.69, 9.17) is 4.74 Å². The quantitative estimate of drug-likeness (QED) is 0.406. The molecule has 0 radical (unpaired) electrons. The zero-order chi connectivity index (χ0) is 25.1. The molecule has 1 N–H and O–H groups in total. The number of carbonyl (C=O) groups excluding carboxylic acids is 1. The second-order valence-electron chi connectivity index (χ2n) is 7.72. The molecule has 0 atom stereocenters. The molecule has 2 amide bonds. The molecule has 35 heavy (non-hydrogen) atoms. The van der Waals surface area contributed by atoms with Gasteiger partial charge in [-0.05, 0) is 42.7 Å². The molecule has 0 aliphatic rings. The van der Waals surface area contributed by atoms with Gasteiger partial charge in [0.1, 0.15) is 5.75 Å². The number of ether oxygens (including phenoxy) is 2. The molecule has 0 saturated heterocycles. The third-order valence-corrected chi connectivity index (χ3v) is 4.93. The van der Waals surface area contributed by atoms with E-state index in [0.717, 1.165) is 11.3 Å². The van der Waals surface area contributed by atoms with Gasteiger partial charge in [-0.3, -0.25) is 0 Å². The van der Waals surface area contributed by atoms with E-state index in [9.17, 15) is 18.0 Å². The maximum Gasteiger partial charge on any atom is 0.422 e. The smallest absolute Gasteiger partial charge is 0.422 e. The van der Waals surface area contributed by atoms with Gasteiger partial charge < -0.3 is 24.3 Å². The van der Waals surface area contributed by atoms with Crippen LogP contribution < -0.4 is 14.8 Å². The van der Waals surface area contributed by atoms with E-state index in [1.807, 2.05) is 42.0 Å². The maximum atomic E-state index is 13.0. The number of rotatable bonds is 12. The molecule has 11 heteroatoms. The second kappa shape index (κ2) is 12.6. The average Bonchev–Trinajstić information content (AvgIpc) is 3.35. The molecular formula is C24H28F3N5O3. The molecule has 1 aromatic carbocycles. The summed E-state index contributed by atoms with van der Waals surface area (Å²) in [5, 5.41) is 2.83. The van der Waals surface area contributed by atoms with Gasteiger partial charge in [-0.15, -0.1) is 0 Å². The van der Waals surface area contributed by atoms with Crippen molar-refractivity contribution in [2.45, 2.75) is 39.2 Å². The molecule has 8 nitrogen and oxygen atoms in total. The Labute approximate surface area is 201 Å². The number of hydrogen-bond donors (Lipinski definition) is 1. The molecule has 0 fully saturated rings. The number of alkyl halides is 3. The predicted octanol–water partition coefficient (Wildman–Crippen LogP) is 4.42. The van der Waals surface area contributed by atoms with Crippen molar-refractivity contribution in [1.29, 1.82) is 0 Å². The summed E-state index contributed by atoms with van der Waals surface area (Å²) >= 11 is 0.